The number of aromatic carboxylic acids is 1. The zero-order chi connectivity index (χ0) is 22.7. The molecule has 1 aliphatic rings. The van der Waals surface area contributed by atoms with E-state index < -0.39 is 21.8 Å². The highest BCUT2D eigenvalue weighted by Crippen LogP contribution is 2.28. The molecule has 0 atom stereocenters. The molecular formula is C23H22FN3O4S. The van der Waals surface area contributed by atoms with Crippen LogP contribution in [0.3, 0.4) is 0 Å². The van der Waals surface area contributed by atoms with E-state index in [1.807, 2.05) is 35.2 Å². The maximum Gasteiger partial charge on any atom is 0.337 e. The lowest BCUT2D eigenvalue weighted by Gasteiger charge is -2.38. The van der Waals surface area contributed by atoms with Gasteiger partial charge in [-0.25, -0.2) is 17.6 Å². The Hall–Kier alpha value is -3.59. The number of benzene rings is 3. The molecule has 4 rings (SSSR count). The molecule has 1 aliphatic heterocycles. The van der Waals surface area contributed by atoms with E-state index in [0.717, 1.165) is 43.0 Å². The summed E-state index contributed by atoms with van der Waals surface area (Å²) in [5.41, 5.74) is 1.79. The zero-order valence-corrected chi connectivity index (χ0v) is 17.9. The Balaban J connectivity index is 1.52. The van der Waals surface area contributed by atoms with Crippen molar-refractivity contribution in [2.24, 2.45) is 0 Å². The Labute approximate surface area is 185 Å². The summed E-state index contributed by atoms with van der Waals surface area (Å²) >= 11 is 0. The number of carbonyl (C=O) groups is 1. The molecule has 0 saturated carbocycles. The largest absolute Gasteiger partial charge is 0.478 e. The summed E-state index contributed by atoms with van der Waals surface area (Å²) in [6.07, 6.45) is 0. The second-order valence-electron chi connectivity index (χ2n) is 7.41. The van der Waals surface area contributed by atoms with Gasteiger partial charge in [-0.05, 0) is 54.6 Å². The molecule has 32 heavy (non-hydrogen) atoms. The number of para-hydroxylation sites is 1. The van der Waals surface area contributed by atoms with Crippen LogP contribution in [0.25, 0.3) is 0 Å². The number of rotatable bonds is 6. The predicted molar refractivity (Wildman–Crippen MR) is 121 cm³/mol. The molecule has 0 aromatic heterocycles. The third-order valence-electron chi connectivity index (χ3n) is 5.34. The highest BCUT2D eigenvalue weighted by molar-refractivity contribution is 7.92. The van der Waals surface area contributed by atoms with Gasteiger partial charge in [0, 0.05) is 37.6 Å². The number of nitrogens with zero attached hydrogens (tertiary/aromatic N) is 2. The van der Waals surface area contributed by atoms with E-state index >= 15 is 0 Å². The van der Waals surface area contributed by atoms with Crippen LogP contribution in [-0.4, -0.2) is 45.7 Å². The number of nitrogens with one attached hydrogen (secondary N) is 1. The fourth-order valence-electron chi connectivity index (χ4n) is 3.72. The van der Waals surface area contributed by atoms with Gasteiger partial charge in [-0.1, -0.05) is 18.2 Å². The molecule has 0 radical (unpaired) electrons. The fourth-order valence-corrected chi connectivity index (χ4v) is 4.77. The molecule has 1 fully saturated rings. The van der Waals surface area contributed by atoms with Crippen LogP contribution in [-0.2, 0) is 10.0 Å². The van der Waals surface area contributed by atoms with Gasteiger partial charge in [-0.3, -0.25) is 4.72 Å². The number of sulfonamides is 1. The van der Waals surface area contributed by atoms with Crippen LogP contribution in [0.1, 0.15) is 10.4 Å². The van der Waals surface area contributed by atoms with Crippen molar-refractivity contribution in [1.82, 2.24) is 0 Å². The Morgan fingerprint density at radius 3 is 2.12 bits per heavy atom. The van der Waals surface area contributed by atoms with Gasteiger partial charge in [0.2, 0.25) is 0 Å². The molecule has 166 valence electrons. The second kappa shape index (κ2) is 8.88. The summed E-state index contributed by atoms with van der Waals surface area (Å²) in [5.74, 6) is -1.69. The van der Waals surface area contributed by atoms with E-state index in [4.69, 9.17) is 0 Å². The number of anilines is 3. The predicted octanol–water partition coefficient (Wildman–Crippen LogP) is 3.65. The van der Waals surface area contributed by atoms with E-state index in [0.29, 0.717) is 18.8 Å². The van der Waals surface area contributed by atoms with E-state index in [9.17, 15) is 22.7 Å². The van der Waals surface area contributed by atoms with E-state index in [-0.39, 0.29) is 16.1 Å². The van der Waals surface area contributed by atoms with Crippen LogP contribution in [0.5, 0.6) is 0 Å². The first-order chi connectivity index (χ1) is 15.3. The van der Waals surface area contributed by atoms with Crippen molar-refractivity contribution in [3.05, 3.63) is 84.2 Å². The van der Waals surface area contributed by atoms with Crippen LogP contribution < -0.4 is 14.5 Å². The van der Waals surface area contributed by atoms with Crippen molar-refractivity contribution >= 4 is 33.1 Å². The molecule has 3 aromatic rings. The summed E-state index contributed by atoms with van der Waals surface area (Å²) in [4.78, 5) is 16.0. The highest BCUT2D eigenvalue weighted by atomic mass is 32.2. The van der Waals surface area contributed by atoms with Crippen molar-refractivity contribution in [3.8, 4) is 0 Å². The summed E-state index contributed by atoms with van der Waals surface area (Å²) in [5, 5.41) is 9.74. The zero-order valence-electron chi connectivity index (χ0n) is 17.1. The molecule has 1 heterocycles. The molecule has 2 N–H and O–H groups in total. The molecule has 0 unspecified atom stereocenters. The van der Waals surface area contributed by atoms with Gasteiger partial charge >= 0.3 is 5.97 Å². The first kappa shape index (κ1) is 21.6. The first-order valence-corrected chi connectivity index (χ1v) is 11.5. The minimum atomic E-state index is -3.98. The van der Waals surface area contributed by atoms with Gasteiger partial charge in [-0.15, -0.1) is 0 Å². The summed E-state index contributed by atoms with van der Waals surface area (Å²) in [6, 6.07) is 18.9. The molecule has 0 amide bonds. The molecule has 0 bridgehead atoms. The van der Waals surface area contributed by atoms with Crippen LogP contribution in [0, 0.1) is 5.82 Å². The lowest BCUT2D eigenvalue weighted by atomic mass is 10.1. The lowest BCUT2D eigenvalue weighted by molar-refractivity contribution is 0.0697. The Kier molecular flexibility index (Phi) is 6.00. The van der Waals surface area contributed by atoms with Gasteiger partial charge in [0.1, 0.15) is 5.82 Å². The number of hydrogen-bond donors (Lipinski definition) is 2. The van der Waals surface area contributed by atoms with E-state index in [1.54, 1.807) is 6.07 Å². The molecular weight excluding hydrogens is 433 g/mol. The van der Waals surface area contributed by atoms with Gasteiger partial charge in [0.05, 0.1) is 16.1 Å². The fraction of sp³-hybridized carbons (Fsp3) is 0.174. The Morgan fingerprint density at radius 2 is 1.50 bits per heavy atom. The molecule has 0 aliphatic carbocycles. The number of hydrogen-bond acceptors (Lipinski definition) is 5. The van der Waals surface area contributed by atoms with Crippen molar-refractivity contribution in [2.45, 2.75) is 4.90 Å². The standard InChI is InChI=1S/C23H22FN3O4S/c24-17-6-9-20(10-7-17)32(30,31)25-18-8-11-22(21(16-18)23(28)29)27-14-12-26(13-15-27)19-4-2-1-3-5-19/h1-11,16,25H,12-15H2,(H,28,29). The molecule has 3 aromatic carbocycles. The minimum Gasteiger partial charge on any atom is -0.478 e. The maximum absolute atomic E-state index is 13.1. The van der Waals surface area contributed by atoms with E-state index in [1.165, 1.54) is 12.1 Å². The summed E-state index contributed by atoms with van der Waals surface area (Å²) in [6.45, 7) is 2.75. The number of carboxylic acid groups (broad SMARTS) is 1. The summed E-state index contributed by atoms with van der Waals surface area (Å²) in [7, 11) is -3.98. The SMILES string of the molecule is O=C(O)c1cc(NS(=O)(=O)c2ccc(F)cc2)ccc1N1CCN(c2ccccc2)CC1. The topological polar surface area (TPSA) is 89.9 Å². The van der Waals surface area contributed by atoms with Crippen LogP contribution >= 0.6 is 0 Å². The lowest BCUT2D eigenvalue weighted by Crippen LogP contribution is -2.47. The van der Waals surface area contributed by atoms with Crippen molar-refractivity contribution in [3.63, 3.8) is 0 Å². The van der Waals surface area contributed by atoms with Crippen LogP contribution in [0.15, 0.2) is 77.7 Å². The highest BCUT2D eigenvalue weighted by Gasteiger charge is 2.23. The van der Waals surface area contributed by atoms with Gasteiger partial charge in [0.15, 0.2) is 0 Å². The second-order valence-corrected chi connectivity index (χ2v) is 9.09. The van der Waals surface area contributed by atoms with Gasteiger partial charge in [-0.2, -0.15) is 0 Å². The number of halogens is 1. The maximum atomic E-state index is 13.1. The quantitative estimate of drug-likeness (QED) is 0.590. The van der Waals surface area contributed by atoms with Crippen molar-refractivity contribution < 1.29 is 22.7 Å². The average molecular weight is 456 g/mol. The van der Waals surface area contributed by atoms with E-state index in [2.05, 4.69) is 9.62 Å². The smallest absolute Gasteiger partial charge is 0.337 e. The molecule has 9 heteroatoms. The average Bonchev–Trinajstić information content (AvgIpc) is 2.80. The minimum absolute atomic E-state index is 0.0115. The molecule has 7 nitrogen and oxygen atoms in total. The number of piperazine rings is 1. The Bertz CT molecular complexity index is 1210. The summed E-state index contributed by atoms with van der Waals surface area (Å²) < 4.78 is 40.6. The molecule has 1 saturated heterocycles. The third-order valence-corrected chi connectivity index (χ3v) is 6.74. The third kappa shape index (κ3) is 4.67. The first-order valence-electron chi connectivity index (χ1n) is 10.0. The monoisotopic (exact) mass is 455 g/mol. The number of carboxylic acids is 1. The van der Waals surface area contributed by atoms with Gasteiger partial charge < -0.3 is 14.9 Å². The van der Waals surface area contributed by atoms with Gasteiger partial charge in [0.25, 0.3) is 10.0 Å². The molecule has 0 spiro atoms. The van der Waals surface area contributed by atoms with Crippen molar-refractivity contribution in [2.75, 3.05) is 40.7 Å². The van der Waals surface area contributed by atoms with Crippen LogP contribution in [0.2, 0.25) is 0 Å². The Morgan fingerprint density at radius 1 is 0.875 bits per heavy atom. The van der Waals surface area contributed by atoms with Crippen molar-refractivity contribution in [1.29, 1.82) is 0 Å². The normalized spacial score (nSPS) is 14.3. The van der Waals surface area contributed by atoms with Crippen LogP contribution in [0.4, 0.5) is 21.5 Å².